The molecule has 8 nitrogen and oxygen atoms in total. The van der Waals surface area contributed by atoms with Crippen LogP contribution in [0.15, 0.2) is 23.3 Å². The Bertz CT molecular complexity index is 1850. The van der Waals surface area contributed by atoms with Crippen LogP contribution in [0, 0.1) is 133 Å². The van der Waals surface area contributed by atoms with Gasteiger partial charge in [0.25, 0.3) is 0 Å². The van der Waals surface area contributed by atoms with Crippen LogP contribution in [0.5, 0.6) is 0 Å². The summed E-state index contributed by atoms with van der Waals surface area (Å²) in [5, 5.41) is 37.7. The first kappa shape index (κ1) is 58.9. The van der Waals surface area contributed by atoms with Gasteiger partial charge in [-0.1, -0.05) is 116 Å². The van der Waals surface area contributed by atoms with Crippen LogP contribution in [-0.4, -0.2) is 71.0 Å². The van der Waals surface area contributed by atoms with Crippen molar-refractivity contribution in [1.82, 2.24) is 0 Å². The van der Waals surface area contributed by atoms with Gasteiger partial charge in [-0.15, -0.1) is 0 Å². The molecule has 0 saturated heterocycles. The third-order valence-electron chi connectivity index (χ3n) is 25.6. The van der Waals surface area contributed by atoms with Crippen LogP contribution in [0.4, 0.5) is 0 Å². The summed E-state index contributed by atoms with van der Waals surface area (Å²) in [6, 6.07) is 0. The Balaban J connectivity index is 0.000000129. The summed E-state index contributed by atoms with van der Waals surface area (Å²) in [5.74, 6) is 12.2. The van der Waals surface area contributed by atoms with E-state index in [0.29, 0.717) is 100 Å². The Kier molecular flexibility index (Phi) is 17.6. The minimum absolute atomic E-state index is 0.00762. The molecular weight excluding hydrogens is 909 g/mol. The number of ether oxygens (including phenoxy) is 2. The first-order valence-corrected chi connectivity index (χ1v) is 30.1. The molecule has 14 saturated carbocycles. The molecule has 0 aromatic rings. The number of hydrogen-bond donors (Lipinski definition) is 4. The Morgan fingerprint density at radius 3 is 1.10 bits per heavy atom. The van der Waals surface area contributed by atoms with E-state index in [4.69, 9.17) is 19.7 Å². The highest BCUT2D eigenvalue weighted by Crippen LogP contribution is 2.65. The van der Waals surface area contributed by atoms with E-state index in [1.807, 2.05) is 0 Å². The number of esters is 2. The van der Waals surface area contributed by atoms with Crippen LogP contribution in [0.1, 0.15) is 201 Å². The van der Waals surface area contributed by atoms with Crippen molar-refractivity contribution >= 4 is 11.9 Å². The molecule has 0 aromatic carbocycles. The second-order valence-corrected chi connectivity index (χ2v) is 30.5. The zero-order valence-corrected chi connectivity index (χ0v) is 49.6. The first-order chi connectivity index (χ1) is 33.8. The number of allylic oxidation sites excluding steroid dienone is 2. The standard InChI is InChI=1S/2C12H18O2.C11H20O.3C10H18O/c2*1-8(13)14-7-9-4-5-10-6-11(9)12(10,2)3;1-6-8-5-9(11(8,3)4)7(2)10(6)12;1-6-8-4-7(5-9(6)11)10(8,2)3;2*1-10(2)8-4-3-7(6-11)9(10)5-8/h2*4,10-11H,5-7H2,1-3H3;6-10,12H,5H2,1-4H3;6-9,11H,4-5H2,1-3H3;2*7-9,11H,3-6H2,1-2H3/t10-,11-;;6-,7?,8-,9+,10?;;7-,8+,9+;/m1.0.1./s1. The van der Waals surface area contributed by atoms with Crippen LogP contribution in [0.3, 0.4) is 0 Å². The molecule has 0 aromatic heterocycles. The van der Waals surface area contributed by atoms with Crippen LogP contribution in [0.2, 0.25) is 0 Å². The van der Waals surface area contributed by atoms with Gasteiger partial charge in [0, 0.05) is 27.1 Å². The zero-order valence-electron chi connectivity index (χ0n) is 49.6. The minimum Gasteiger partial charge on any atom is -0.461 e. The van der Waals surface area contributed by atoms with Crippen LogP contribution >= 0.6 is 0 Å². The van der Waals surface area contributed by atoms with Crippen LogP contribution in [-0.2, 0) is 19.1 Å². The lowest BCUT2D eigenvalue weighted by molar-refractivity contribution is -0.190. The molecule has 73 heavy (non-hydrogen) atoms. The molecule has 0 amide bonds. The number of rotatable bonds is 6. The fourth-order valence-electron chi connectivity index (χ4n) is 18.9. The molecule has 18 rings (SSSR count). The van der Waals surface area contributed by atoms with Gasteiger partial charge in [0.2, 0.25) is 0 Å². The summed E-state index contributed by atoms with van der Waals surface area (Å²) < 4.78 is 10.1. The van der Waals surface area contributed by atoms with Crippen molar-refractivity contribution in [2.45, 2.75) is 213 Å². The predicted octanol–water partition coefficient (Wildman–Crippen LogP) is 13.5. The highest BCUT2D eigenvalue weighted by Gasteiger charge is 2.60. The maximum atomic E-state index is 10.7. The van der Waals surface area contributed by atoms with E-state index in [0.717, 1.165) is 65.6 Å². The maximum Gasteiger partial charge on any atom is 0.302 e. The minimum atomic E-state index is -0.176. The Labute approximate surface area is 445 Å². The van der Waals surface area contributed by atoms with Crippen molar-refractivity contribution in [2.24, 2.45) is 133 Å². The predicted molar refractivity (Wildman–Crippen MR) is 295 cm³/mol. The summed E-state index contributed by atoms with van der Waals surface area (Å²) in [5.41, 5.74) is 5.67. The SMILES string of the molecule is CC(=O)OCC1=CCC2CC1C2(C)C.CC(=O)OCC1=CC[C@@H]2C[C@H]1C2(C)C.CC1(C)C2CCC(CO)C1C2.CC1(C)[C@H]2CC[C@H](CO)[C@@H]1C2.CC1C(O)CC2CC1C2(C)C.CC1C(O)[C@@H](C)[C@@H]2C[C@H]1C2(C)C. The van der Waals surface area contributed by atoms with Gasteiger partial charge in [-0.2, -0.15) is 0 Å². The van der Waals surface area contributed by atoms with E-state index < -0.39 is 0 Å². The van der Waals surface area contributed by atoms with Crippen LogP contribution < -0.4 is 0 Å². The zero-order chi connectivity index (χ0) is 54.1. The Morgan fingerprint density at radius 2 is 0.836 bits per heavy atom. The third-order valence-corrected chi connectivity index (χ3v) is 25.6. The summed E-state index contributed by atoms with van der Waals surface area (Å²) in [7, 11) is 0. The summed E-state index contributed by atoms with van der Waals surface area (Å²) in [6.45, 7) is 39.6. The highest BCUT2D eigenvalue weighted by molar-refractivity contribution is 5.66. The molecule has 0 spiro atoms. The van der Waals surface area contributed by atoms with Crippen molar-refractivity contribution in [3.05, 3.63) is 23.3 Å². The summed E-state index contributed by atoms with van der Waals surface area (Å²) >= 11 is 0. The number of carbonyl (C=O) groups excluding carboxylic acids is 2. The molecule has 18 aliphatic carbocycles. The van der Waals surface area contributed by atoms with Crippen molar-refractivity contribution < 1.29 is 39.5 Å². The number of fused-ring (bicyclic) bond motifs is 10. The molecule has 18 aliphatic rings. The Morgan fingerprint density at radius 1 is 0.466 bits per heavy atom. The third kappa shape index (κ3) is 11.0. The lowest BCUT2D eigenvalue weighted by Gasteiger charge is -2.64. The normalized spacial score (nSPS) is 44.0. The van der Waals surface area contributed by atoms with Gasteiger partial charge in [0.05, 0.1) is 12.2 Å². The van der Waals surface area contributed by atoms with E-state index >= 15 is 0 Å². The molecule has 0 heterocycles. The second kappa shape index (κ2) is 21.8. The van der Waals surface area contributed by atoms with Crippen molar-refractivity contribution in [3.63, 3.8) is 0 Å². The van der Waals surface area contributed by atoms with E-state index in [2.05, 4.69) is 116 Å². The number of hydrogen-bond acceptors (Lipinski definition) is 8. The van der Waals surface area contributed by atoms with Crippen molar-refractivity contribution in [2.75, 3.05) is 26.4 Å². The van der Waals surface area contributed by atoms with E-state index in [1.54, 1.807) is 0 Å². The fourth-order valence-corrected chi connectivity index (χ4v) is 18.9. The highest BCUT2D eigenvalue weighted by atomic mass is 16.5. The van der Waals surface area contributed by atoms with Gasteiger partial charge >= 0.3 is 11.9 Å². The number of aliphatic hydroxyl groups is 4. The molecule has 0 radical (unpaired) electrons. The maximum absolute atomic E-state index is 10.7. The lowest BCUT2D eigenvalue weighted by Crippen LogP contribution is -2.60. The van der Waals surface area contributed by atoms with Crippen LogP contribution in [0.25, 0.3) is 0 Å². The molecule has 12 bridgehead atoms. The van der Waals surface area contributed by atoms with Crippen molar-refractivity contribution in [1.29, 1.82) is 0 Å². The number of carbonyl (C=O) groups is 2. The fraction of sp³-hybridized carbons (Fsp3) is 0.908. The van der Waals surface area contributed by atoms with E-state index in [1.165, 1.54) is 102 Å². The lowest BCUT2D eigenvalue weighted by atomic mass is 9.42. The largest absolute Gasteiger partial charge is 0.461 e. The summed E-state index contributed by atoms with van der Waals surface area (Å²) in [4.78, 5) is 21.4. The topological polar surface area (TPSA) is 134 Å². The average Bonchev–Trinajstić information content (AvgIpc) is 3.35. The smallest absolute Gasteiger partial charge is 0.302 e. The van der Waals surface area contributed by atoms with Crippen molar-refractivity contribution in [3.8, 4) is 0 Å². The summed E-state index contributed by atoms with van der Waals surface area (Å²) in [6.07, 6.45) is 21.2. The first-order valence-electron chi connectivity index (χ1n) is 30.1. The molecule has 0 aliphatic heterocycles. The van der Waals surface area contributed by atoms with E-state index in [9.17, 15) is 19.8 Å². The molecular formula is C65H110O8. The quantitative estimate of drug-likeness (QED) is 0.153. The van der Waals surface area contributed by atoms with Gasteiger partial charge in [-0.25, -0.2) is 0 Å². The molecule has 19 atom stereocenters. The molecule has 14 fully saturated rings. The molecule has 418 valence electrons. The Hall–Kier alpha value is -1.74. The van der Waals surface area contributed by atoms with Gasteiger partial charge in [0.15, 0.2) is 0 Å². The second-order valence-electron chi connectivity index (χ2n) is 30.5. The van der Waals surface area contributed by atoms with Gasteiger partial charge in [-0.05, 0) is 228 Å². The van der Waals surface area contributed by atoms with Gasteiger partial charge in [-0.3, -0.25) is 9.59 Å². The van der Waals surface area contributed by atoms with Gasteiger partial charge in [0.1, 0.15) is 13.2 Å². The van der Waals surface area contributed by atoms with E-state index in [-0.39, 0.29) is 24.1 Å². The molecule has 4 N–H and O–H groups in total. The molecule has 8 heteroatoms. The molecule has 11 unspecified atom stereocenters. The monoisotopic (exact) mass is 1020 g/mol. The van der Waals surface area contributed by atoms with Gasteiger partial charge < -0.3 is 29.9 Å². The average molecular weight is 1020 g/mol. The number of aliphatic hydroxyl groups excluding tert-OH is 4.